The van der Waals surface area contributed by atoms with Crippen molar-refractivity contribution in [2.45, 2.75) is 11.8 Å². The van der Waals surface area contributed by atoms with Crippen LogP contribution in [0.1, 0.15) is 5.56 Å². The number of benzene rings is 4. The van der Waals surface area contributed by atoms with Gasteiger partial charge in [-0.25, -0.2) is 13.1 Å². The molecule has 1 aliphatic rings. The Bertz CT molecular complexity index is 1930. The Morgan fingerprint density at radius 2 is 1.53 bits per heavy atom. The molecule has 1 fully saturated rings. The first-order chi connectivity index (χ1) is 21.8. The number of carbonyl (C=O) groups is 1. The maximum atomic E-state index is 12.8. The molecule has 1 aromatic heterocycles. The predicted octanol–water partition coefficient (Wildman–Crippen LogP) is 4.98. The molecule has 0 spiro atoms. The Hall–Kier alpha value is -5.00. The molecule has 0 unspecified atom stereocenters. The van der Waals surface area contributed by atoms with E-state index in [0.717, 1.165) is 29.5 Å². The average molecular weight is 623 g/mol. The maximum absolute atomic E-state index is 12.8. The molecule has 0 radical (unpaired) electrons. The number of ether oxygens (including phenoxy) is 1. The van der Waals surface area contributed by atoms with E-state index in [9.17, 15) is 13.2 Å². The molecule has 0 aliphatic carbocycles. The molecule has 2 heterocycles. The van der Waals surface area contributed by atoms with E-state index >= 15 is 0 Å². The van der Waals surface area contributed by atoms with E-state index in [1.54, 1.807) is 19.1 Å². The number of nitrogens with zero attached hydrogens (tertiary/aromatic N) is 4. The summed E-state index contributed by atoms with van der Waals surface area (Å²) in [5, 5.41) is 13.9. The van der Waals surface area contributed by atoms with E-state index in [0.29, 0.717) is 41.5 Å². The van der Waals surface area contributed by atoms with Crippen molar-refractivity contribution in [3.63, 3.8) is 0 Å². The van der Waals surface area contributed by atoms with Gasteiger partial charge in [0, 0.05) is 53.9 Å². The van der Waals surface area contributed by atoms with Crippen LogP contribution in [0.2, 0.25) is 0 Å². The Morgan fingerprint density at radius 1 is 0.844 bits per heavy atom. The number of hydrogen-bond acceptors (Lipinski definition) is 8. The van der Waals surface area contributed by atoms with Crippen molar-refractivity contribution in [3.05, 3.63) is 103 Å². The van der Waals surface area contributed by atoms with Crippen LogP contribution in [0.5, 0.6) is 5.75 Å². The van der Waals surface area contributed by atoms with Crippen LogP contribution >= 0.6 is 0 Å². The van der Waals surface area contributed by atoms with Crippen LogP contribution in [0, 0.1) is 6.92 Å². The second-order valence-corrected chi connectivity index (χ2v) is 12.6. The Kier molecular flexibility index (Phi) is 8.63. The molecule has 4 aromatic carbocycles. The van der Waals surface area contributed by atoms with Gasteiger partial charge in [-0.15, -0.1) is 10.2 Å². The van der Waals surface area contributed by atoms with Crippen LogP contribution in [0.4, 0.5) is 17.2 Å². The van der Waals surface area contributed by atoms with E-state index < -0.39 is 10.0 Å². The minimum absolute atomic E-state index is 0.0218. The van der Waals surface area contributed by atoms with E-state index in [1.807, 2.05) is 77.7 Å². The summed E-state index contributed by atoms with van der Waals surface area (Å²) < 4.78 is 33.3. The van der Waals surface area contributed by atoms with Crippen molar-refractivity contribution in [3.8, 4) is 17.0 Å². The second kappa shape index (κ2) is 12.9. The van der Waals surface area contributed by atoms with Gasteiger partial charge in [-0.1, -0.05) is 54.6 Å². The lowest BCUT2D eigenvalue weighted by Crippen LogP contribution is -2.50. The molecular formula is C34H34N6O4S. The third kappa shape index (κ3) is 6.59. The van der Waals surface area contributed by atoms with Gasteiger partial charge in [0.15, 0.2) is 12.4 Å². The van der Waals surface area contributed by atoms with Crippen molar-refractivity contribution in [1.29, 1.82) is 0 Å². The van der Waals surface area contributed by atoms with Gasteiger partial charge < -0.3 is 19.9 Å². The number of fused-ring (bicyclic) bond motifs is 1. The number of para-hydroxylation sites is 1. The third-order valence-corrected chi connectivity index (χ3v) is 9.50. The van der Waals surface area contributed by atoms with Crippen molar-refractivity contribution in [1.82, 2.24) is 19.8 Å². The highest BCUT2D eigenvalue weighted by Gasteiger charge is 2.22. The number of carbonyl (C=O) groups excluding carboxylic acids is 1. The van der Waals surface area contributed by atoms with Gasteiger partial charge in [-0.05, 0) is 62.0 Å². The number of rotatable bonds is 9. The number of sulfonamides is 1. The van der Waals surface area contributed by atoms with Crippen LogP contribution in [-0.4, -0.2) is 69.3 Å². The largest absolute Gasteiger partial charge is 0.484 e. The highest BCUT2D eigenvalue weighted by atomic mass is 32.2. The predicted molar refractivity (Wildman–Crippen MR) is 176 cm³/mol. The normalized spacial score (nSPS) is 13.6. The number of aryl methyl sites for hydroxylation is 1. The van der Waals surface area contributed by atoms with Crippen LogP contribution in [0.3, 0.4) is 0 Å². The number of nitrogens with one attached hydrogen (secondary N) is 2. The Labute approximate surface area is 262 Å². The fourth-order valence-electron chi connectivity index (χ4n) is 5.42. The Morgan fingerprint density at radius 3 is 2.24 bits per heavy atom. The molecule has 0 atom stereocenters. The minimum Gasteiger partial charge on any atom is -0.484 e. The van der Waals surface area contributed by atoms with Crippen LogP contribution in [0.15, 0.2) is 102 Å². The fourth-order valence-corrected chi connectivity index (χ4v) is 6.41. The van der Waals surface area contributed by atoms with Gasteiger partial charge in [0.1, 0.15) is 11.4 Å². The maximum Gasteiger partial charge on any atom is 0.260 e. The van der Waals surface area contributed by atoms with Gasteiger partial charge in [0.2, 0.25) is 10.0 Å². The SMILES string of the molecule is CNS(=O)(=O)c1cc(-c2nnc(Nc3ccc(OCC(=O)N4CCN(c5ccccc5)CC4)cc3)c3ccccc23)ccc1C. The zero-order valence-corrected chi connectivity index (χ0v) is 25.9. The second-order valence-electron chi connectivity index (χ2n) is 10.8. The first-order valence-corrected chi connectivity index (χ1v) is 16.2. The third-order valence-electron chi connectivity index (χ3n) is 7.94. The van der Waals surface area contributed by atoms with E-state index in [-0.39, 0.29) is 17.4 Å². The number of amides is 1. The van der Waals surface area contributed by atoms with E-state index in [2.05, 4.69) is 37.3 Å². The molecular weight excluding hydrogens is 588 g/mol. The molecule has 230 valence electrons. The highest BCUT2D eigenvalue weighted by molar-refractivity contribution is 7.89. The van der Waals surface area contributed by atoms with Gasteiger partial charge in [-0.3, -0.25) is 4.79 Å². The van der Waals surface area contributed by atoms with Crippen LogP contribution < -0.4 is 19.7 Å². The van der Waals surface area contributed by atoms with Crippen molar-refractivity contribution in [2.75, 3.05) is 50.1 Å². The fraction of sp³-hybridized carbons (Fsp3) is 0.206. The summed E-state index contributed by atoms with van der Waals surface area (Å²) in [5.74, 6) is 1.12. The molecule has 2 N–H and O–H groups in total. The number of piperazine rings is 1. The molecule has 1 aliphatic heterocycles. The molecule has 1 saturated heterocycles. The summed E-state index contributed by atoms with van der Waals surface area (Å²) in [5.41, 5.74) is 3.82. The molecule has 1 amide bonds. The number of hydrogen-bond donors (Lipinski definition) is 2. The zero-order valence-electron chi connectivity index (χ0n) is 25.1. The highest BCUT2D eigenvalue weighted by Crippen LogP contribution is 2.33. The lowest BCUT2D eigenvalue weighted by atomic mass is 10.0. The smallest absolute Gasteiger partial charge is 0.260 e. The summed E-state index contributed by atoms with van der Waals surface area (Å²) >= 11 is 0. The lowest BCUT2D eigenvalue weighted by molar-refractivity contribution is -0.133. The van der Waals surface area contributed by atoms with Gasteiger partial charge in [0.25, 0.3) is 5.91 Å². The summed E-state index contributed by atoms with van der Waals surface area (Å²) in [4.78, 5) is 17.1. The summed E-state index contributed by atoms with van der Waals surface area (Å²) in [7, 11) is -2.24. The molecule has 0 bridgehead atoms. The summed E-state index contributed by atoms with van der Waals surface area (Å²) in [6.07, 6.45) is 0. The molecule has 11 heteroatoms. The van der Waals surface area contributed by atoms with Gasteiger partial charge in [-0.2, -0.15) is 0 Å². The van der Waals surface area contributed by atoms with Crippen LogP contribution in [-0.2, 0) is 14.8 Å². The van der Waals surface area contributed by atoms with Crippen molar-refractivity contribution in [2.24, 2.45) is 0 Å². The average Bonchev–Trinajstić information content (AvgIpc) is 3.08. The minimum atomic E-state index is -3.64. The topological polar surface area (TPSA) is 117 Å². The van der Waals surface area contributed by atoms with E-state index in [1.165, 1.54) is 12.7 Å². The van der Waals surface area contributed by atoms with Crippen molar-refractivity contribution < 1.29 is 17.9 Å². The molecule has 0 saturated carbocycles. The number of anilines is 3. The van der Waals surface area contributed by atoms with Crippen LogP contribution in [0.25, 0.3) is 22.0 Å². The van der Waals surface area contributed by atoms with E-state index in [4.69, 9.17) is 4.74 Å². The summed E-state index contributed by atoms with van der Waals surface area (Å²) in [6, 6.07) is 30.5. The first kappa shape index (κ1) is 30.0. The van der Waals surface area contributed by atoms with Gasteiger partial charge in [0.05, 0.1) is 4.90 Å². The van der Waals surface area contributed by atoms with Crippen molar-refractivity contribution >= 4 is 43.9 Å². The molecule has 5 aromatic rings. The quantitative estimate of drug-likeness (QED) is 0.236. The number of aromatic nitrogens is 2. The Balaban J connectivity index is 1.11. The molecule has 6 rings (SSSR count). The monoisotopic (exact) mass is 622 g/mol. The lowest BCUT2D eigenvalue weighted by Gasteiger charge is -2.36. The first-order valence-electron chi connectivity index (χ1n) is 14.7. The standard InChI is InChI=1S/C34H34N6O4S/c1-24-12-13-25(22-31(24)45(42,43)35-2)33-29-10-6-7-11-30(29)34(38-37-33)36-26-14-16-28(17-15-26)44-23-32(41)40-20-18-39(19-21-40)27-8-4-3-5-9-27/h3-17,22,35H,18-21,23H2,1-2H3,(H,36,38). The zero-order chi connectivity index (χ0) is 31.4. The van der Waals surface area contributed by atoms with Gasteiger partial charge >= 0.3 is 0 Å². The molecule has 45 heavy (non-hydrogen) atoms. The summed E-state index contributed by atoms with van der Waals surface area (Å²) in [6.45, 7) is 4.64. The molecule has 10 nitrogen and oxygen atoms in total.